The molecule has 0 N–H and O–H groups in total. The lowest BCUT2D eigenvalue weighted by Gasteiger charge is -2.29. The van der Waals surface area contributed by atoms with Gasteiger partial charge in [0.1, 0.15) is 5.82 Å². The zero-order valence-electron chi connectivity index (χ0n) is 13.6. The van der Waals surface area contributed by atoms with Crippen molar-refractivity contribution in [2.45, 2.75) is 13.0 Å². The fourth-order valence-electron chi connectivity index (χ4n) is 2.76. The molecule has 0 saturated heterocycles. The molecule has 0 aliphatic heterocycles. The summed E-state index contributed by atoms with van der Waals surface area (Å²) in [6.07, 6.45) is 0. The third-order valence-electron chi connectivity index (χ3n) is 3.96. The summed E-state index contributed by atoms with van der Waals surface area (Å²) in [5, 5.41) is 0. The first kappa shape index (κ1) is 16.4. The maximum Gasteiger partial charge on any atom is 0.264 e. The van der Waals surface area contributed by atoms with Gasteiger partial charge in [-0.05, 0) is 42.3 Å². The van der Waals surface area contributed by atoms with Crippen LogP contribution in [0.15, 0.2) is 66.7 Å². The van der Waals surface area contributed by atoms with Crippen molar-refractivity contribution in [3.63, 3.8) is 0 Å². The molecule has 1 atom stereocenters. The maximum absolute atomic E-state index is 13.3. The first-order chi connectivity index (χ1) is 11.6. The average molecular weight is 339 g/mol. The summed E-state index contributed by atoms with van der Waals surface area (Å²) >= 11 is 1.48. The van der Waals surface area contributed by atoms with E-state index in [1.54, 1.807) is 24.1 Å². The SMILES string of the molecule is Cc1ccc(C(=O)N(C)C(c2ccccc2)c2ccc(F)cc2)s1. The van der Waals surface area contributed by atoms with Crippen LogP contribution in [0.3, 0.4) is 0 Å². The Hall–Kier alpha value is -2.46. The first-order valence-electron chi connectivity index (χ1n) is 7.70. The van der Waals surface area contributed by atoms with Crippen molar-refractivity contribution in [1.82, 2.24) is 4.90 Å². The van der Waals surface area contributed by atoms with Crippen molar-refractivity contribution in [1.29, 1.82) is 0 Å². The van der Waals surface area contributed by atoms with E-state index in [0.29, 0.717) is 4.88 Å². The van der Waals surface area contributed by atoms with Gasteiger partial charge < -0.3 is 4.90 Å². The zero-order chi connectivity index (χ0) is 17.1. The molecule has 0 saturated carbocycles. The Balaban J connectivity index is 2.01. The molecule has 3 aromatic rings. The van der Waals surface area contributed by atoms with Crippen LogP contribution in [0.4, 0.5) is 4.39 Å². The number of carbonyl (C=O) groups is 1. The lowest BCUT2D eigenvalue weighted by Crippen LogP contribution is -2.31. The van der Waals surface area contributed by atoms with E-state index < -0.39 is 0 Å². The summed E-state index contributed by atoms with van der Waals surface area (Å²) in [5.41, 5.74) is 1.87. The summed E-state index contributed by atoms with van der Waals surface area (Å²) in [7, 11) is 1.79. The molecule has 4 heteroatoms. The molecule has 0 aliphatic rings. The number of aryl methyl sites for hydroxylation is 1. The Labute approximate surface area is 145 Å². The normalized spacial score (nSPS) is 12.0. The van der Waals surface area contributed by atoms with Crippen LogP contribution in [0.25, 0.3) is 0 Å². The highest BCUT2D eigenvalue weighted by molar-refractivity contribution is 7.13. The van der Waals surface area contributed by atoms with Gasteiger partial charge in [-0.15, -0.1) is 11.3 Å². The predicted octanol–water partition coefficient (Wildman–Crippen LogP) is 5.06. The Kier molecular flexibility index (Phi) is 4.76. The minimum absolute atomic E-state index is 0.0359. The standard InChI is InChI=1S/C20H18FNOS/c1-14-8-13-18(24-14)20(23)22(2)19(15-6-4-3-5-7-15)16-9-11-17(21)12-10-16/h3-13,19H,1-2H3. The number of carbonyl (C=O) groups excluding carboxylic acids is 1. The number of rotatable bonds is 4. The van der Waals surface area contributed by atoms with Gasteiger partial charge in [-0.25, -0.2) is 4.39 Å². The number of thiophene rings is 1. The molecule has 0 fully saturated rings. The molecule has 1 amide bonds. The highest BCUT2D eigenvalue weighted by atomic mass is 32.1. The zero-order valence-corrected chi connectivity index (χ0v) is 14.4. The predicted molar refractivity (Wildman–Crippen MR) is 95.8 cm³/mol. The van der Waals surface area contributed by atoms with Gasteiger partial charge in [-0.3, -0.25) is 4.79 Å². The minimum atomic E-state index is -0.284. The van der Waals surface area contributed by atoms with Gasteiger partial charge in [-0.1, -0.05) is 42.5 Å². The molecule has 24 heavy (non-hydrogen) atoms. The number of amides is 1. The van der Waals surface area contributed by atoms with Crippen molar-refractivity contribution in [3.05, 3.63) is 93.4 Å². The smallest absolute Gasteiger partial charge is 0.264 e. The van der Waals surface area contributed by atoms with E-state index in [4.69, 9.17) is 0 Å². The molecule has 1 unspecified atom stereocenters. The minimum Gasteiger partial charge on any atom is -0.330 e. The van der Waals surface area contributed by atoms with E-state index in [-0.39, 0.29) is 17.8 Å². The van der Waals surface area contributed by atoms with Crippen LogP contribution >= 0.6 is 11.3 Å². The number of hydrogen-bond donors (Lipinski definition) is 0. The molecule has 1 heterocycles. The second-order valence-electron chi connectivity index (χ2n) is 5.69. The van der Waals surface area contributed by atoms with Crippen molar-refractivity contribution >= 4 is 17.2 Å². The quantitative estimate of drug-likeness (QED) is 0.651. The summed E-state index contributed by atoms with van der Waals surface area (Å²) < 4.78 is 13.3. The summed E-state index contributed by atoms with van der Waals surface area (Å²) in [6, 6.07) is 19.7. The van der Waals surface area contributed by atoms with E-state index in [1.165, 1.54) is 23.5 Å². The van der Waals surface area contributed by atoms with Gasteiger partial charge >= 0.3 is 0 Å². The topological polar surface area (TPSA) is 20.3 Å². The lowest BCUT2D eigenvalue weighted by atomic mass is 9.97. The first-order valence-corrected chi connectivity index (χ1v) is 8.52. The Morgan fingerprint density at radius 2 is 1.58 bits per heavy atom. The third-order valence-corrected chi connectivity index (χ3v) is 4.95. The van der Waals surface area contributed by atoms with E-state index in [1.807, 2.05) is 49.4 Å². The van der Waals surface area contributed by atoms with Crippen LogP contribution in [-0.2, 0) is 0 Å². The largest absolute Gasteiger partial charge is 0.330 e. The van der Waals surface area contributed by atoms with Crippen LogP contribution in [-0.4, -0.2) is 17.9 Å². The Morgan fingerprint density at radius 3 is 2.17 bits per heavy atom. The monoisotopic (exact) mass is 339 g/mol. The second-order valence-corrected chi connectivity index (χ2v) is 6.98. The summed E-state index contributed by atoms with van der Waals surface area (Å²) in [6.45, 7) is 1.98. The molecule has 1 aromatic heterocycles. The van der Waals surface area contributed by atoms with E-state index in [2.05, 4.69) is 0 Å². The second kappa shape index (κ2) is 6.97. The van der Waals surface area contributed by atoms with Crippen LogP contribution in [0.2, 0.25) is 0 Å². The lowest BCUT2D eigenvalue weighted by molar-refractivity contribution is 0.0760. The molecule has 2 aromatic carbocycles. The summed E-state index contributed by atoms with van der Waals surface area (Å²) in [5.74, 6) is -0.320. The third kappa shape index (κ3) is 3.39. The summed E-state index contributed by atoms with van der Waals surface area (Å²) in [4.78, 5) is 16.4. The van der Waals surface area contributed by atoms with Gasteiger partial charge in [0.2, 0.25) is 0 Å². The van der Waals surface area contributed by atoms with Crippen molar-refractivity contribution in [3.8, 4) is 0 Å². The molecule has 0 spiro atoms. The average Bonchev–Trinajstić information content (AvgIpc) is 3.03. The van der Waals surface area contributed by atoms with Crippen molar-refractivity contribution in [2.75, 3.05) is 7.05 Å². The number of hydrogen-bond acceptors (Lipinski definition) is 2. The number of halogens is 1. The van der Waals surface area contributed by atoms with Gasteiger partial charge in [-0.2, -0.15) is 0 Å². The van der Waals surface area contributed by atoms with Crippen LogP contribution in [0.1, 0.15) is 31.7 Å². The molecular weight excluding hydrogens is 321 g/mol. The molecule has 2 nitrogen and oxygen atoms in total. The fourth-order valence-corrected chi connectivity index (χ4v) is 3.61. The van der Waals surface area contributed by atoms with E-state index in [9.17, 15) is 9.18 Å². The van der Waals surface area contributed by atoms with Gasteiger partial charge in [0.25, 0.3) is 5.91 Å². The van der Waals surface area contributed by atoms with Crippen LogP contribution in [0.5, 0.6) is 0 Å². The molecule has 3 rings (SSSR count). The highest BCUT2D eigenvalue weighted by Crippen LogP contribution is 2.30. The van der Waals surface area contributed by atoms with Crippen molar-refractivity contribution in [2.24, 2.45) is 0 Å². The molecule has 0 aliphatic carbocycles. The Bertz CT molecular complexity index is 826. The Morgan fingerprint density at radius 1 is 0.958 bits per heavy atom. The van der Waals surface area contributed by atoms with Gasteiger partial charge in [0, 0.05) is 11.9 Å². The van der Waals surface area contributed by atoms with E-state index >= 15 is 0 Å². The van der Waals surface area contributed by atoms with Crippen molar-refractivity contribution < 1.29 is 9.18 Å². The maximum atomic E-state index is 13.3. The number of benzene rings is 2. The van der Waals surface area contributed by atoms with E-state index in [0.717, 1.165) is 16.0 Å². The van der Waals surface area contributed by atoms with Crippen LogP contribution < -0.4 is 0 Å². The molecule has 0 bridgehead atoms. The molecule has 0 radical (unpaired) electrons. The van der Waals surface area contributed by atoms with Crippen LogP contribution in [0, 0.1) is 12.7 Å². The van der Waals surface area contributed by atoms with Gasteiger partial charge in [0.05, 0.1) is 10.9 Å². The highest BCUT2D eigenvalue weighted by Gasteiger charge is 2.25. The number of nitrogens with zero attached hydrogens (tertiary/aromatic N) is 1. The fraction of sp³-hybridized carbons (Fsp3) is 0.150. The van der Waals surface area contributed by atoms with Gasteiger partial charge in [0.15, 0.2) is 0 Å². The molecular formula is C20H18FNOS. The molecule has 122 valence electrons.